The average Bonchev–Trinajstić information content (AvgIpc) is 2.59. The number of carbonyl (C=O) groups excluding carboxylic acids is 1. The normalized spacial score (nSPS) is 10.4. The number of rotatable bonds is 4. The summed E-state index contributed by atoms with van der Waals surface area (Å²) in [6.07, 6.45) is 1.38. The highest BCUT2D eigenvalue weighted by molar-refractivity contribution is 6.31. The topological polar surface area (TPSA) is 54.0 Å². The van der Waals surface area contributed by atoms with E-state index >= 15 is 0 Å². The molecule has 0 aliphatic rings. The van der Waals surface area contributed by atoms with Gasteiger partial charge in [-0.2, -0.15) is 0 Å². The lowest BCUT2D eigenvalue weighted by Crippen LogP contribution is -2.12. The zero-order valence-corrected chi connectivity index (χ0v) is 13.5. The molecule has 0 bridgehead atoms. The molecule has 0 aliphatic heterocycles. The predicted molar refractivity (Wildman–Crippen MR) is 93.3 cm³/mol. The van der Waals surface area contributed by atoms with Crippen LogP contribution >= 0.6 is 11.6 Å². The lowest BCUT2D eigenvalue weighted by molar-refractivity contribution is 0.102. The van der Waals surface area contributed by atoms with Crippen LogP contribution in [-0.4, -0.2) is 10.9 Å². The summed E-state index contributed by atoms with van der Waals surface area (Å²) in [5, 5.41) is 5.46. The summed E-state index contributed by atoms with van der Waals surface area (Å²) >= 11 is 5.68. The summed E-state index contributed by atoms with van der Waals surface area (Å²) in [4.78, 5) is 16.3. The lowest BCUT2D eigenvalue weighted by Gasteiger charge is -2.08. The number of benzene rings is 2. The van der Waals surface area contributed by atoms with E-state index in [4.69, 9.17) is 11.6 Å². The fraction of sp³-hybridized carbons (Fsp3) is 0. The molecular formula is C18H12ClF2N3O. The molecule has 1 heterocycles. The minimum absolute atomic E-state index is 0.0782. The lowest BCUT2D eigenvalue weighted by atomic mass is 10.2. The largest absolute Gasteiger partial charge is 0.340 e. The highest BCUT2D eigenvalue weighted by atomic mass is 35.5. The Balaban J connectivity index is 1.68. The third-order valence-electron chi connectivity index (χ3n) is 3.30. The molecule has 0 spiro atoms. The van der Waals surface area contributed by atoms with Crippen LogP contribution in [0.4, 0.5) is 26.0 Å². The number of pyridine rings is 1. The van der Waals surface area contributed by atoms with Gasteiger partial charge in [0.1, 0.15) is 17.5 Å². The molecule has 0 saturated carbocycles. The standard InChI is InChI=1S/C18H12ClF2N3O/c19-15-9-14(5-6-16(15)21)24-18(25)11-4-7-17(22-10-11)23-13-3-1-2-12(20)8-13/h1-10H,(H,22,23)(H,24,25). The van der Waals surface area contributed by atoms with E-state index in [1.165, 1.54) is 36.5 Å². The Kier molecular flexibility index (Phi) is 4.90. The molecule has 1 aromatic heterocycles. The van der Waals surface area contributed by atoms with Crippen LogP contribution in [0, 0.1) is 11.6 Å². The van der Waals surface area contributed by atoms with Gasteiger partial charge in [0.2, 0.25) is 0 Å². The van der Waals surface area contributed by atoms with Gasteiger partial charge in [0, 0.05) is 17.6 Å². The van der Waals surface area contributed by atoms with E-state index in [1.807, 2.05) is 0 Å². The van der Waals surface area contributed by atoms with Gasteiger partial charge in [-0.05, 0) is 48.5 Å². The Labute approximate surface area is 147 Å². The summed E-state index contributed by atoms with van der Waals surface area (Å²) < 4.78 is 26.3. The molecule has 0 atom stereocenters. The quantitative estimate of drug-likeness (QED) is 0.688. The molecule has 4 nitrogen and oxygen atoms in total. The third-order valence-corrected chi connectivity index (χ3v) is 3.59. The summed E-state index contributed by atoms with van der Waals surface area (Å²) in [7, 11) is 0. The number of halogens is 3. The minimum Gasteiger partial charge on any atom is -0.340 e. The van der Waals surface area contributed by atoms with Crippen molar-refractivity contribution in [3.63, 3.8) is 0 Å². The minimum atomic E-state index is -0.561. The molecule has 2 N–H and O–H groups in total. The van der Waals surface area contributed by atoms with Crippen LogP contribution in [0.2, 0.25) is 5.02 Å². The van der Waals surface area contributed by atoms with Crippen molar-refractivity contribution in [2.24, 2.45) is 0 Å². The number of hydrogen-bond acceptors (Lipinski definition) is 3. The first-order chi connectivity index (χ1) is 12.0. The smallest absolute Gasteiger partial charge is 0.257 e. The van der Waals surface area contributed by atoms with Crippen molar-refractivity contribution in [3.8, 4) is 0 Å². The SMILES string of the molecule is O=C(Nc1ccc(F)c(Cl)c1)c1ccc(Nc2cccc(F)c2)nc1. The maximum atomic E-state index is 13.2. The number of hydrogen-bond donors (Lipinski definition) is 2. The fourth-order valence-corrected chi connectivity index (χ4v) is 2.27. The van der Waals surface area contributed by atoms with Crippen LogP contribution in [0.15, 0.2) is 60.8 Å². The van der Waals surface area contributed by atoms with Crippen molar-refractivity contribution in [2.45, 2.75) is 0 Å². The zero-order chi connectivity index (χ0) is 17.8. The first-order valence-electron chi connectivity index (χ1n) is 7.26. The van der Waals surface area contributed by atoms with Crippen molar-refractivity contribution < 1.29 is 13.6 Å². The summed E-state index contributed by atoms with van der Waals surface area (Å²) in [6, 6.07) is 13.0. The summed E-state index contributed by atoms with van der Waals surface area (Å²) in [5.74, 6) is -0.868. The second-order valence-corrected chi connectivity index (χ2v) is 5.56. The number of nitrogens with one attached hydrogen (secondary N) is 2. The average molecular weight is 360 g/mol. The molecule has 2 aromatic carbocycles. The van der Waals surface area contributed by atoms with Gasteiger partial charge < -0.3 is 10.6 Å². The van der Waals surface area contributed by atoms with E-state index in [1.54, 1.807) is 24.3 Å². The van der Waals surface area contributed by atoms with E-state index < -0.39 is 11.7 Å². The molecule has 1 amide bonds. The number of amides is 1. The van der Waals surface area contributed by atoms with Crippen molar-refractivity contribution >= 4 is 34.7 Å². The second kappa shape index (κ2) is 7.27. The Bertz CT molecular complexity index is 916. The number of carbonyl (C=O) groups is 1. The first-order valence-corrected chi connectivity index (χ1v) is 7.64. The monoisotopic (exact) mass is 359 g/mol. The van der Waals surface area contributed by atoms with Gasteiger partial charge in [0.25, 0.3) is 5.91 Å². The first kappa shape index (κ1) is 16.9. The van der Waals surface area contributed by atoms with Gasteiger partial charge in [-0.3, -0.25) is 4.79 Å². The van der Waals surface area contributed by atoms with Crippen LogP contribution in [-0.2, 0) is 0 Å². The molecule has 0 radical (unpaired) electrons. The maximum absolute atomic E-state index is 13.2. The number of anilines is 3. The molecule has 0 aliphatic carbocycles. The van der Waals surface area contributed by atoms with Crippen molar-refractivity contribution in [1.29, 1.82) is 0 Å². The van der Waals surface area contributed by atoms with Gasteiger partial charge in [-0.15, -0.1) is 0 Å². The number of aromatic nitrogens is 1. The van der Waals surface area contributed by atoms with E-state index in [0.717, 1.165) is 0 Å². The van der Waals surface area contributed by atoms with Crippen molar-refractivity contribution in [1.82, 2.24) is 4.98 Å². The van der Waals surface area contributed by atoms with Crippen LogP contribution < -0.4 is 10.6 Å². The summed E-state index contributed by atoms with van der Waals surface area (Å²) in [6.45, 7) is 0. The van der Waals surface area contributed by atoms with Gasteiger partial charge in [0.15, 0.2) is 0 Å². The maximum Gasteiger partial charge on any atom is 0.257 e. The summed E-state index contributed by atoms with van der Waals surface area (Å²) in [5.41, 5.74) is 1.23. The van der Waals surface area contributed by atoms with Crippen LogP contribution in [0.5, 0.6) is 0 Å². The van der Waals surface area contributed by atoms with Crippen LogP contribution in [0.25, 0.3) is 0 Å². The molecular weight excluding hydrogens is 348 g/mol. The molecule has 126 valence electrons. The molecule has 3 rings (SSSR count). The van der Waals surface area contributed by atoms with Gasteiger partial charge in [0.05, 0.1) is 10.6 Å². The molecule has 0 unspecified atom stereocenters. The molecule has 7 heteroatoms. The number of nitrogens with zero attached hydrogens (tertiary/aromatic N) is 1. The highest BCUT2D eigenvalue weighted by Gasteiger charge is 2.09. The Morgan fingerprint density at radius 2 is 1.84 bits per heavy atom. The van der Waals surface area contributed by atoms with Crippen LogP contribution in [0.1, 0.15) is 10.4 Å². The Morgan fingerprint density at radius 1 is 1.00 bits per heavy atom. The van der Waals surface area contributed by atoms with Gasteiger partial charge in [-0.25, -0.2) is 13.8 Å². The van der Waals surface area contributed by atoms with E-state index in [-0.39, 0.29) is 10.8 Å². The van der Waals surface area contributed by atoms with Crippen LogP contribution in [0.3, 0.4) is 0 Å². The second-order valence-electron chi connectivity index (χ2n) is 5.15. The van der Waals surface area contributed by atoms with Gasteiger partial charge >= 0.3 is 0 Å². The Hall–Kier alpha value is -2.99. The van der Waals surface area contributed by atoms with Crippen molar-refractivity contribution in [2.75, 3.05) is 10.6 Å². The van der Waals surface area contributed by atoms with E-state index in [2.05, 4.69) is 15.6 Å². The fourth-order valence-electron chi connectivity index (χ4n) is 2.09. The third kappa shape index (κ3) is 4.30. The van der Waals surface area contributed by atoms with E-state index in [9.17, 15) is 13.6 Å². The molecule has 25 heavy (non-hydrogen) atoms. The van der Waals surface area contributed by atoms with Crippen molar-refractivity contribution in [3.05, 3.63) is 83.0 Å². The predicted octanol–water partition coefficient (Wildman–Crippen LogP) is 5.01. The highest BCUT2D eigenvalue weighted by Crippen LogP contribution is 2.20. The molecule has 0 saturated heterocycles. The van der Waals surface area contributed by atoms with Gasteiger partial charge in [-0.1, -0.05) is 17.7 Å². The Morgan fingerprint density at radius 3 is 2.52 bits per heavy atom. The van der Waals surface area contributed by atoms with E-state index in [0.29, 0.717) is 22.8 Å². The molecule has 3 aromatic rings. The zero-order valence-electron chi connectivity index (χ0n) is 12.8. The molecule has 0 fully saturated rings.